The van der Waals surface area contributed by atoms with Crippen molar-refractivity contribution in [1.29, 1.82) is 0 Å². The average molecular weight is 433 g/mol. The van der Waals surface area contributed by atoms with E-state index in [1.165, 1.54) is 31.2 Å². The number of nitro groups is 1. The normalized spacial score (nSPS) is 15.6. The molecule has 11 heteroatoms. The van der Waals surface area contributed by atoms with E-state index in [-0.39, 0.29) is 22.7 Å². The lowest BCUT2D eigenvalue weighted by Crippen LogP contribution is -2.16. The summed E-state index contributed by atoms with van der Waals surface area (Å²) in [5.74, 6) is -2.17. The minimum absolute atomic E-state index is 0.0909. The van der Waals surface area contributed by atoms with E-state index >= 15 is 0 Å². The molecule has 1 atom stereocenters. The zero-order valence-electron chi connectivity index (χ0n) is 17.2. The molecule has 31 heavy (non-hydrogen) atoms. The van der Waals surface area contributed by atoms with Gasteiger partial charge in [-0.3, -0.25) is 19.9 Å². The molecule has 2 aromatic heterocycles. The van der Waals surface area contributed by atoms with Gasteiger partial charge in [0, 0.05) is 29.4 Å². The molecule has 0 saturated carbocycles. The van der Waals surface area contributed by atoms with Crippen LogP contribution in [-0.4, -0.2) is 39.1 Å². The van der Waals surface area contributed by atoms with Crippen molar-refractivity contribution in [3.63, 3.8) is 0 Å². The number of hydrogen-bond donors (Lipinski definition) is 1. The molecule has 164 valence electrons. The van der Waals surface area contributed by atoms with Gasteiger partial charge in [0.2, 0.25) is 0 Å². The Morgan fingerprint density at radius 2 is 1.97 bits per heavy atom. The smallest absolute Gasteiger partial charge is 0.316 e. The number of aromatic amines is 1. The molecule has 0 radical (unpaired) electrons. The van der Waals surface area contributed by atoms with Crippen LogP contribution in [0, 0.1) is 21.7 Å². The molecule has 1 N–H and O–H groups in total. The number of ether oxygens (including phenoxy) is 2. The number of aromatic nitrogens is 4. The third-order valence-electron chi connectivity index (χ3n) is 5.70. The summed E-state index contributed by atoms with van der Waals surface area (Å²) in [4.78, 5) is 11.0. The van der Waals surface area contributed by atoms with E-state index in [0.29, 0.717) is 42.9 Å². The summed E-state index contributed by atoms with van der Waals surface area (Å²) in [6.07, 6.45) is 2.37. The lowest BCUT2D eigenvalue weighted by atomic mass is 9.81. The topological polar surface area (TPSA) is 108 Å². The number of aryl methyl sites for hydroxylation is 1. The maximum absolute atomic E-state index is 14.9. The molecule has 1 aliphatic rings. The van der Waals surface area contributed by atoms with Gasteiger partial charge in [-0.05, 0) is 32.1 Å². The van der Waals surface area contributed by atoms with Gasteiger partial charge in [0.05, 0.1) is 19.1 Å². The predicted molar refractivity (Wildman–Crippen MR) is 106 cm³/mol. The van der Waals surface area contributed by atoms with Crippen LogP contribution in [0.25, 0.3) is 11.4 Å². The van der Waals surface area contributed by atoms with Crippen LogP contribution in [0.2, 0.25) is 0 Å². The number of H-pyrrole nitrogens is 1. The van der Waals surface area contributed by atoms with Gasteiger partial charge in [-0.15, -0.1) is 0 Å². The monoisotopic (exact) mass is 433 g/mol. The fourth-order valence-corrected chi connectivity index (χ4v) is 4.20. The number of benzene rings is 1. The molecular weight excluding hydrogens is 412 g/mol. The van der Waals surface area contributed by atoms with Crippen LogP contribution in [0.4, 0.5) is 14.5 Å². The maximum atomic E-state index is 14.9. The predicted octanol–water partition coefficient (Wildman–Crippen LogP) is 3.77. The Morgan fingerprint density at radius 1 is 1.29 bits per heavy atom. The van der Waals surface area contributed by atoms with Gasteiger partial charge < -0.3 is 9.47 Å². The van der Waals surface area contributed by atoms with E-state index in [9.17, 15) is 18.9 Å². The number of rotatable bonds is 6. The highest BCUT2D eigenvalue weighted by Crippen LogP contribution is 2.43. The summed E-state index contributed by atoms with van der Waals surface area (Å²) in [5, 5.41) is 22.7. The summed E-state index contributed by atoms with van der Waals surface area (Å²) in [5.41, 5.74) is 2.03. The Labute approximate surface area is 176 Å². The summed E-state index contributed by atoms with van der Waals surface area (Å²) in [7, 11) is 2.62. The average Bonchev–Trinajstić information content (AvgIpc) is 3.37. The van der Waals surface area contributed by atoms with Crippen LogP contribution < -0.4 is 9.47 Å². The lowest BCUT2D eigenvalue weighted by Gasteiger charge is -2.24. The van der Waals surface area contributed by atoms with Crippen molar-refractivity contribution in [2.75, 3.05) is 14.2 Å². The Hall–Kier alpha value is -3.50. The summed E-state index contributed by atoms with van der Waals surface area (Å²) in [6, 6.07) is 1.18. The second-order valence-electron chi connectivity index (χ2n) is 7.24. The number of halogens is 2. The molecule has 2 heterocycles. The molecule has 9 nitrogen and oxygen atoms in total. The van der Waals surface area contributed by atoms with Gasteiger partial charge in [-0.1, -0.05) is 0 Å². The van der Waals surface area contributed by atoms with Crippen LogP contribution in [-0.2, 0) is 19.4 Å². The van der Waals surface area contributed by atoms with Crippen molar-refractivity contribution in [3.8, 4) is 22.9 Å². The van der Waals surface area contributed by atoms with E-state index in [1.54, 1.807) is 0 Å². The first kappa shape index (κ1) is 20.8. The van der Waals surface area contributed by atoms with Crippen molar-refractivity contribution in [2.24, 2.45) is 0 Å². The van der Waals surface area contributed by atoms with E-state index in [1.807, 2.05) is 6.92 Å². The zero-order chi connectivity index (χ0) is 22.3. The van der Waals surface area contributed by atoms with E-state index in [2.05, 4.69) is 15.3 Å². The van der Waals surface area contributed by atoms with Crippen LogP contribution >= 0.6 is 0 Å². The Bertz CT molecular complexity index is 1130. The van der Waals surface area contributed by atoms with Gasteiger partial charge in [0.1, 0.15) is 11.9 Å². The summed E-state index contributed by atoms with van der Waals surface area (Å²) in [6.45, 7) is 2.27. The quantitative estimate of drug-likeness (QED) is 0.468. The zero-order valence-corrected chi connectivity index (χ0v) is 17.2. The van der Waals surface area contributed by atoms with Crippen molar-refractivity contribution in [3.05, 3.63) is 50.8 Å². The molecule has 0 bridgehead atoms. The van der Waals surface area contributed by atoms with Crippen LogP contribution in [0.1, 0.15) is 36.1 Å². The van der Waals surface area contributed by atoms with Crippen molar-refractivity contribution >= 4 is 5.69 Å². The third-order valence-corrected chi connectivity index (χ3v) is 5.70. The summed E-state index contributed by atoms with van der Waals surface area (Å²) < 4.78 is 41.5. The van der Waals surface area contributed by atoms with Gasteiger partial charge in [-0.25, -0.2) is 8.78 Å². The Balaban J connectivity index is 1.75. The molecular formula is C20H21F2N5O4. The molecule has 3 aromatic rings. The number of fused-ring (bicyclic) bond motifs is 1. The van der Waals surface area contributed by atoms with Crippen molar-refractivity contribution in [2.45, 2.75) is 38.6 Å². The fourth-order valence-electron chi connectivity index (χ4n) is 4.20. The number of nitrogens with zero attached hydrogens (tertiary/aromatic N) is 4. The number of nitrogens with one attached hydrogen (secondary N) is 1. The molecule has 1 aromatic carbocycles. The van der Waals surface area contributed by atoms with Gasteiger partial charge >= 0.3 is 5.69 Å². The fraction of sp³-hybridized carbons (Fsp3) is 0.400. The second kappa shape index (κ2) is 7.97. The minimum Gasteiger partial charge on any atom is -0.494 e. The van der Waals surface area contributed by atoms with Crippen molar-refractivity contribution in [1.82, 2.24) is 20.0 Å². The molecule has 4 rings (SSSR count). The first-order chi connectivity index (χ1) is 14.9. The Morgan fingerprint density at radius 3 is 2.55 bits per heavy atom. The van der Waals surface area contributed by atoms with Crippen LogP contribution in [0.3, 0.4) is 0 Å². The molecule has 0 spiro atoms. The maximum Gasteiger partial charge on any atom is 0.316 e. The molecule has 0 saturated heterocycles. The molecule has 0 fully saturated rings. The lowest BCUT2D eigenvalue weighted by molar-refractivity contribution is -0.384. The molecule has 0 amide bonds. The third kappa shape index (κ3) is 3.29. The van der Waals surface area contributed by atoms with Crippen molar-refractivity contribution < 1.29 is 23.2 Å². The first-order valence-corrected chi connectivity index (χ1v) is 9.77. The first-order valence-electron chi connectivity index (χ1n) is 9.77. The second-order valence-corrected chi connectivity index (χ2v) is 7.24. The van der Waals surface area contributed by atoms with E-state index in [4.69, 9.17) is 9.47 Å². The number of methoxy groups -OCH3 is 2. The van der Waals surface area contributed by atoms with Gasteiger partial charge in [-0.2, -0.15) is 10.2 Å². The van der Waals surface area contributed by atoms with E-state index < -0.39 is 22.5 Å². The molecule has 0 aliphatic heterocycles. The van der Waals surface area contributed by atoms with Crippen LogP contribution in [0.5, 0.6) is 11.5 Å². The SMILES string of the molecule is CCn1ncc([N+](=O)[O-])c1-c1n[nH]c2c1CCC(c1c(F)c(OC)cc(OC)c1F)C2. The number of hydrogen-bond acceptors (Lipinski definition) is 6. The molecule has 1 aliphatic carbocycles. The molecule has 1 unspecified atom stereocenters. The van der Waals surface area contributed by atoms with E-state index in [0.717, 1.165) is 5.56 Å². The highest BCUT2D eigenvalue weighted by molar-refractivity contribution is 5.70. The highest BCUT2D eigenvalue weighted by Gasteiger charge is 2.34. The van der Waals surface area contributed by atoms with Gasteiger partial charge in [0.15, 0.2) is 28.8 Å². The summed E-state index contributed by atoms with van der Waals surface area (Å²) >= 11 is 0. The highest BCUT2D eigenvalue weighted by atomic mass is 19.1. The standard InChI is InChI=1S/C20H21F2N5O4/c1-4-26-20(13(9-23-26)27(28)29)19-11-6-5-10(7-12(11)24-25-19)16-17(21)14(30-2)8-15(31-3)18(16)22/h8-10H,4-7H2,1-3H3,(H,24,25). The largest absolute Gasteiger partial charge is 0.494 e. The Kier molecular flexibility index (Phi) is 5.34. The van der Waals surface area contributed by atoms with Crippen LogP contribution in [0.15, 0.2) is 12.3 Å². The van der Waals surface area contributed by atoms with Gasteiger partial charge in [0.25, 0.3) is 0 Å². The minimum atomic E-state index is -0.756.